The van der Waals surface area contributed by atoms with Gasteiger partial charge in [-0.05, 0) is 33.1 Å². The summed E-state index contributed by atoms with van der Waals surface area (Å²) in [5.41, 5.74) is 0.676. The number of hydrogen-bond donors (Lipinski definition) is 0. The Labute approximate surface area is 181 Å². The Morgan fingerprint density at radius 2 is 1.97 bits per heavy atom. The van der Waals surface area contributed by atoms with Crippen molar-refractivity contribution in [2.75, 3.05) is 32.8 Å². The third-order valence-electron chi connectivity index (χ3n) is 5.86. The van der Waals surface area contributed by atoms with E-state index in [-0.39, 0.29) is 16.8 Å². The molecular weight excluding hydrogens is 424 g/mol. The molecule has 0 saturated carbocycles. The van der Waals surface area contributed by atoms with Gasteiger partial charge < -0.3 is 14.2 Å². The summed E-state index contributed by atoms with van der Waals surface area (Å²) in [6.45, 7) is 6.34. The standard InChI is InChI=1S/C19H28N6O5S/c1-14-18(15(2)30-21-14)31(27,28)25-7-4-3-5-16(25)6-8-24-13-17(20-22-24)19(26)23-9-11-29-12-10-23/h13,16H,3-12H2,1-2H3. The molecule has 1 amide bonds. The largest absolute Gasteiger partial charge is 0.378 e. The van der Waals surface area contributed by atoms with Gasteiger partial charge in [-0.2, -0.15) is 4.31 Å². The third-order valence-corrected chi connectivity index (χ3v) is 8.05. The van der Waals surface area contributed by atoms with Crippen molar-refractivity contribution in [2.24, 2.45) is 0 Å². The van der Waals surface area contributed by atoms with Gasteiger partial charge in [0.25, 0.3) is 5.91 Å². The lowest BCUT2D eigenvalue weighted by molar-refractivity contribution is 0.0299. The van der Waals surface area contributed by atoms with Gasteiger partial charge in [0.1, 0.15) is 10.6 Å². The smallest absolute Gasteiger partial charge is 0.276 e. The van der Waals surface area contributed by atoms with Crippen LogP contribution in [0.4, 0.5) is 0 Å². The molecule has 0 radical (unpaired) electrons. The van der Waals surface area contributed by atoms with Crippen molar-refractivity contribution < 1.29 is 22.5 Å². The highest BCUT2D eigenvalue weighted by atomic mass is 32.2. The number of ether oxygens (including phenoxy) is 1. The first-order valence-electron chi connectivity index (χ1n) is 10.6. The highest BCUT2D eigenvalue weighted by Crippen LogP contribution is 2.30. The summed E-state index contributed by atoms with van der Waals surface area (Å²) < 4.78 is 40.2. The molecule has 0 spiro atoms. The van der Waals surface area contributed by atoms with E-state index in [1.54, 1.807) is 33.9 Å². The molecule has 2 fully saturated rings. The number of piperidine rings is 1. The minimum atomic E-state index is -3.70. The Bertz CT molecular complexity index is 1010. The van der Waals surface area contributed by atoms with Gasteiger partial charge in [-0.15, -0.1) is 5.10 Å². The molecule has 0 bridgehead atoms. The van der Waals surface area contributed by atoms with Crippen LogP contribution in [0.2, 0.25) is 0 Å². The summed E-state index contributed by atoms with van der Waals surface area (Å²) >= 11 is 0. The van der Waals surface area contributed by atoms with Crippen molar-refractivity contribution in [2.45, 2.75) is 57.0 Å². The zero-order valence-corrected chi connectivity index (χ0v) is 18.7. The molecule has 2 aromatic heterocycles. The molecule has 4 heterocycles. The number of amides is 1. The molecule has 31 heavy (non-hydrogen) atoms. The first kappa shape index (κ1) is 21.9. The number of hydrogen-bond acceptors (Lipinski definition) is 8. The van der Waals surface area contributed by atoms with Gasteiger partial charge in [-0.3, -0.25) is 9.48 Å². The number of carbonyl (C=O) groups is 1. The zero-order chi connectivity index (χ0) is 22.0. The highest BCUT2D eigenvalue weighted by Gasteiger charge is 2.37. The first-order chi connectivity index (χ1) is 14.9. The molecule has 1 atom stereocenters. The number of sulfonamides is 1. The van der Waals surface area contributed by atoms with Gasteiger partial charge in [0.2, 0.25) is 10.0 Å². The summed E-state index contributed by atoms with van der Waals surface area (Å²) in [5, 5.41) is 11.9. The molecule has 2 saturated heterocycles. The van der Waals surface area contributed by atoms with E-state index in [1.807, 2.05) is 0 Å². The average molecular weight is 453 g/mol. The maximum absolute atomic E-state index is 13.3. The Morgan fingerprint density at radius 1 is 1.19 bits per heavy atom. The van der Waals surface area contributed by atoms with Crippen LogP contribution in [0.15, 0.2) is 15.6 Å². The van der Waals surface area contributed by atoms with Gasteiger partial charge in [-0.1, -0.05) is 16.8 Å². The molecule has 2 aromatic rings. The van der Waals surface area contributed by atoms with Crippen LogP contribution >= 0.6 is 0 Å². The second-order valence-corrected chi connectivity index (χ2v) is 9.81. The van der Waals surface area contributed by atoms with Crippen molar-refractivity contribution in [1.29, 1.82) is 0 Å². The molecule has 11 nitrogen and oxygen atoms in total. The number of rotatable bonds is 6. The minimum absolute atomic E-state index is 0.157. The lowest BCUT2D eigenvalue weighted by Gasteiger charge is -2.34. The second-order valence-electron chi connectivity index (χ2n) is 7.98. The summed E-state index contributed by atoms with van der Waals surface area (Å²) in [6.07, 6.45) is 4.78. The predicted octanol–water partition coefficient (Wildman–Crippen LogP) is 0.989. The molecule has 1 unspecified atom stereocenters. The van der Waals surface area contributed by atoms with Crippen LogP contribution in [-0.4, -0.2) is 82.6 Å². The summed E-state index contributed by atoms with van der Waals surface area (Å²) in [5.74, 6) is 0.152. The molecule has 170 valence electrons. The van der Waals surface area contributed by atoms with E-state index in [9.17, 15) is 13.2 Å². The second kappa shape index (κ2) is 9.05. The molecule has 0 N–H and O–H groups in total. The summed E-state index contributed by atoms with van der Waals surface area (Å²) in [4.78, 5) is 14.4. The number of aryl methyl sites for hydroxylation is 3. The fraction of sp³-hybridized carbons (Fsp3) is 0.684. The third kappa shape index (κ3) is 4.51. The Kier molecular flexibility index (Phi) is 6.39. The van der Waals surface area contributed by atoms with E-state index < -0.39 is 10.0 Å². The van der Waals surface area contributed by atoms with E-state index in [4.69, 9.17) is 9.26 Å². The van der Waals surface area contributed by atoms with Crippen LogP contribution in [0.3, 0.4) is 0 Å². The normalized spacial score (nSPS) is 20.8. The van der Waals surface area contributed by atoms with Gasteiger partial charge >= 0.3 is 0 Å². The van der Waals surface area contributed by atoms with Gasteiger partial charge in [0.05, 0.1) is 19.4 Å². The van der Waals surface area contributed by atoms with Crippen LogP contribution in [0, 0.1) is 13.8 Å². The lowest BCUT2D eigenvalue weighted by Crippen LogP contribution is -2.44. The number of morpholine rings is 1. The first-order valence-corrected chi connectivity index (χ1v) is 12.0. The van der Waals surface area contributed by atoms with Gasteiger partial charge in [0, 0.05) is 32.2 Å². The van der Waals surface area contributed by atoms with Crippen LogP contribution in [-0.2, 0) is 21.3 Å². The summed E-state index contributed by atoms with van der Waals surface area (Å²) in [7, 11) is -3.70. The van der Waals surface area contributed by atoms with Crippen LogP contribution in [0.5, 0.6) is 0 Å². The predicted molar refractivity (Wildman–Crippen MR) is 109 cm³/mol. The van der Waals surface area contributed by atoms with Crippen molar-refractivity contribution in [3.8, 4) is 0 Å². The summed E-state index contributed by atoms with van der Waals surface area (Å²) in [6, 6.07) is -0.157. The van der Waals surface area contributed by atoms with E-state index in [2.05, 4.69) is 15.5 Å². The quantitative estimate of drug-likeness (QED) is 0.636. The highest BCUT2D eigenvalue weighted by molar-refractivity contribution is 7.89. The van der Waals surface area contributed by atoms with Gasteiger partial charge in [-0.25, -0.2) is 8.42 Å². The van der Waals surface area contributed by atoms with Crippen LogP contribution in [0.1, 0.15) is 47.6 Å². The molecule has 0 aromatic carbocycles. The monoisotopic (exact) mass is 452 g/mol. The maximum atomic E-state index is 13.3. The molecule has 0 aliphatic carbocycles. The Morgan fingerprint density at radius 3 is 2.68 bits per heavy atom. The molecule has 4 rings (SSSR count). The SMILES string of the molecule is Cc1noc(C)c1S(=O)(=O)N1CCCCC1CCn1cc(C(=O)N2CCOCC2)nn1. The molecule has 12 heteroatoms. The fourth-order valence-corrected chi connectivity index (χ4v) is 6.27. The maximum Gasteiger partial charge on any atom is 0.276 e. The number of carbonyl (C=O) groups excluding carboxylic acids is 1. The average Bonchev–Trinajstić information content (AvgIpc) is 3.39. The van der Waals surface area contributed by atoms with Gasteiger partial charge in [0.15, 0.2) is 11.5 Å². The van der Waals surface area contributed by atoms with E-state index in [0.717, 1.165) is 19.3 Å². The van der Waals surface area contributed by atoms with E-state index in [0.29, 0.717) is 63.0 Å². The topological polar surface area (TPSA) is 124 Å². The molecular formula is C19H28N6O5S. The molecule has 2 aliphatic heterocycles. The van der Waals surface area contributed by atoms with Crippen molar-refractivity contribution >= 4 is 15.9 Å². The van der Waals surface area contributed by atoms with Crippen LogP contribution in [0.25, 0.3) is 0 Å². The fourth-order valence-electron chi connectivity index (χ4n) is 4.25. The van der Waals surface area contributed by atoms with E-state index >= 15 is 0 Å². The van der Waals surface area contributed by atoms with Crippen molar-refractivity contribution in [1.82, 2.24) is 29.4 Å². The lowest BCUT2D eigenvalue weighted by atomic mass is 10.0. The van der Waals surface area contributed by atoms with Crippen molar-refractivity contribution in [3.05, 3.63) is 23.3 Å². The Balaban J connectivity index is 1.44. The minimum Gasteiger partial charge on any atom is -0.378 e. The number of nitrogens with zero attached hydrogens (tertiary/aromatic N) is 6. The number of aromatic nitrogens is 4. The van der Waals surface area contributed by atoms with Crippen LogP contribution < -0.4 is 0 Å². The molecule has 2 aliphatic rings. The van der Waals surface area contributed by atoms with Crippen molar-refractivity contribution in [3.63, 3.8) is 0 Å². The zero-order valence-electron chi connectivity index (χ0n) is 17.9. The van der Waals surface area contributed by atoms with E-state index in [1.165, 1.54) is 0 Å². The Hall–Kier alpha value is -2.31.